The summed E-state index contributed by atoms with van der Waals surface area (Å²) in [4.78, 5) is 0. The zero-order valence-electron chi connectivity index (χ0n) is 7.73. The largest absolute Gasteiger partial charge is 0.394 e. The van der Waals surface area contributed by atoms with Crippen molar-refractivity contribution in [3.8, 4) is 0 Å². The van der Waals surface area contributed by atoms with Gasteiger partial charge in [-0.15, -0.1) is 0 Å². The van der Waals surface area contributed by atoms with Gasteiger partial charge in [-0.1, -0.05) is 11.2 Å². The normalized spacial score (nSPS) is 11.2. The average Bonchev–Trinajstić information content (AvgIpc) is 2.77. The summed E-state index contributed by atoms with van der Waals surface area (Å²) < 4.78 is 5.03. The Kier molecular flexibility index (Phi) is 2.37. The summed E-state index contributed by atoms with van der Waals surface area (Å²) in [6.07, 6.45) is 3.78. The van der Waals surface area contributed by atoms with Crippen molar-refractivity contribution < 1.29 is 4.52 Å². The SMILES string of the molecule is Cc1noc(/C=C/c2ccsc2)c1N. The molecule has 0 aliphatic heterocycles. The number of nitrogen functional groups attached to an aromatic ring is 1. The molecule has 0 aliphatic rings. The molecule has 2 rings (SSSR count). The molecule has 0 radical (unpaired) electrons. The average molecular weight is 206 g/mol. The van der Waals surface area contributed by atoms with Gasteiger partial charge in [-0.3, -0.25) is 0 Å². The first-order chi connectivity index (χ1) is 6.77. The molecule has 72 valence electrons. The lowest BCUT2D eigenvalue weighted by Gasteiger charge is -1.87. The second-order valence-electron chi connectivity index (χ2n) is 2.94. The Morgan fingerprint density at radius 1 is 1.50 bits per heavy atom. The van der Waals surface area contributed by atoms with Crippen LogP contribution in [-0.2, 0) is 0 Å². The highest BCUT2D eigenvalue weighted by Gasteiger charge is 2.04. The van der Waals surface area contributed by atoms with E-state index in [0.717, 1.165) is 11.3 Å². The van der Waals surface area contributed by atoms with E-state index in [2.05, 4.69) is 10.5 Å². The van der Waals surface area contributed by atoms with E-state index in [0.29, 0.717) is 11.4 Å². The molecule has 0 saturated carbocycles. The number of nitrogens with zero attached hydrogens (tertiary/aromatic N) is 1. The number of nitrogens with two attached hydrogens (primary N) is 1. The van der Waals surface area contributed by atoms with Crippen molar-refractivity contribution in [2.24, 2.45) is 0 Å². The molecule has 2 aromatic heterocycles. The predicted molar refractivity (Wildman–Crippen MR) is 58.9 cm³/mol. The van der Waals surface area contributed by atoms with Gasteiger partial charge in [-0.2, -0.15) is 11.3 Å². The summed E-state index contributed by atoms with van der Waals surface area (Å²) in [6, 6.07) is 2.03. The zero-order valence-corrected chi connectivity index (χ0v) is 8.54. The van der Waals surface area contributed by atoms with E-state index in [4.69, 9.17) is 10.3 Å². The predicted octanol–water partition coefficient (Wildman–Crippen LogP) is 2.80. The molecular formula is C10H10N2OS. The van der Waals surface area contributed by atoms with Crippen LogP contribution in [0.3, 0.4) is 0 Å². The third-order valence-electron chi connectivity index (χ3n) is 1.91. The Morgan fingerprint density at radius 3 is 2.93 bits per heavy atom. The Hall–Kier alpha value is -1.55. The van der Waals surface area contributed by atoms with Gasteiger partial charge in [-0.05, 0) is 35.4 Å². The van der Waals surface area contributed by atoms with Gasteiger partial charge in [0.05, 0.1) is 0 Å². The maximum atomic E-state index is 5.74. The van der Waals surface area contributed by atoms with Crippen LogP contribution in [0.5, 0.6) is 0 Å². The highest BCUT2D eigenvalue weighted by Crippen LogP contribution is 2.19. The monoisotopic (exact) mass is 206 g/mol. The Balaban J connectivity index is 2.23. The molecule has 0 saturated heterocycles. The molecular weight excluding hydrogens is 196 g/mol. The van der Waals surface area contributed by atoms with E-state index in [1.165, 1.54) is 0 Å². The molecule has 0 fully saturated rings. The first-order valence-corrected chi connectivity index (χ1v) is 5.13. The van der Waals surface area contributed by atoms with Gasteiger partial charge >= 0.3 is 0 Å². The van der Waals surface area contributed by atoms with Gasteiger partial charge in [0.1, 0.15) is 11.4 Å². The van der Waals surface area contributed by atoms with Crippen LogP contribution >= 0.6 is 11.3 Å². The van der Waals surface area contributed by atoms with Crippen molar-refractivity contribution in [2.75, 3.05) is 5.73 Å². The van der Waals surface area contributed by atoms with E-state index >= 15 is 0 Å². The van der Waals surface area contributed by atoms with Gasteiger partial charge in [0.2, 0.25) is 0 Å². The fourth-order valence-corrected chi connectivity index (χ4v) is 1.68. The van der Waals surface area contributed by atoms with Crippen LogP contribution in [0, 0.1) is 6.92 Å². The second-order valence-corrected chi connectivity index (χ2v) is 3.72. The van der Waals surface area contributed by atoms with E-state index in [-0.39, 0.29) is 0 Å². The van der Waals surface area contributed by atoms with Crippen molar-refractivity contribution in [1.82, 2.24) is 5.16 Å². The van der Waals surface area contributed by atoms with E-state index in [1.54, 1.807) is 11.3 Å². The highest BCUT2D eigenvalue weighted by molar-refractivity contribution is 7.08. The number of anilines is 1. The minimum Gasteiger partial charge on any atom is -0.394 e. The fraction of sp³-hybridized carbons (Fsp3) is 0.100. The molecule has 0 unspecified atom stereocenters. The molecule has 14 heavy (non-hydrogen) atoms. The van der Waals surface area contributed by atoms with Crippen LogP contribution < -0.4 is 5.73 Å². The number of aromatic nitrogens is 1. The summed E-state index contributed by atoms with van der Waals surface area (Å²) in [5.41, 5.74) is 8.22. The van der Waals surface area contributed by atoms with Crippen LogP contribution in [0.25, 0.3) is 12.2 Å². The zero-order chi connectivity index (χ0) is 9.97. The molecule has 2 heterocycles. The lowest BCUT2D eigenvalue weighted by molar-refractivity contribution is 0.408. The van der Waals surface area contributed by atoms with Crippen molar-refractivity contribution in [3.05, 3.63) is 33.8 Å². The van der Waals surface area contributed by atoms with Gasteiger partial charge in [0.25, 0.3) is 0 Å². The van der Waals surface area contributed by atoms with Gasteiger partial charge < -0.3 is 10.3 Å². The number of hydrogen-bond donors (Lipinski definition) is 1. The van der Waals surface area contributed by atoms with Crippen molar-refractivity contribution in [1.29, 1.82) is 0 Å². The minimum absolute atomic E-state index is 0.608. The van der Waals surface area contributed by atoms with Gasteiger partial charge in [-0.25, -0.2) is 0 Å². The Morgan fingerprint density at radius 2 is 2.36 bits per heavy atom. The molecule has 4 heteroatoms. The maximum Gasteiger partial charge on any atom is 0.182 e. The van der Waals surface area contributed by atoms with Crippen LogP contribution in [0.15, 0.2) is 21.3 Å². The summed E-state index contributed by atoms with van der Waals surface area (Å²) in [5, 5.41) is 7.84. The first-order valence-electron chi connectivity index (χ1n) is 4.19. The molecule has 0 amide bonds. The van der Waals surface area contributed by atoms with Crippen molar-refractivity contribution >= 4 is 29.2 Å². The van der Waals surface area contributed by atoms with Crippen LogP contribution in [0.2, 0.25) is 0 Å². The smallest absolute Gasteiger partial charge is 0.182 e. The minimum atomic E-state index is 0.608. The summed E-state index contributed by atoms with van der Waals surface area (Å²) in [6.45, 7) is 1.82. The molecule has 2 N–H and O–H groups in total. The van der Waals surface area contributed by atoms with Crippen LogP contribution in [0.4, 0.5) is 5.69 Å². The molecule has 2 aromatic rings. The first kappa shape index (κ1) is 9.02. The van der Waals surface area contributed by atoms with Crippen molar-refractivity contribution in [3.63, 3.8) is 0 Å². The lowest BCUT2D eigenvalue weighted by Crippen LogP contribution is -1.86. The van der Waals surface area contributed by atoms with E-state index in [1.807, 2.05) is 30.5 Å². The van der Waals surface area contributed by atoms with E-state index < -0.39 is 0 Å². The van der Waals surface area contributed by atoms with Crippen LogP contribution in [0.1, 0.15) is 17.0 Å². The third-order valence-corrected chi connectivity index (χ3v) is 2.61. The molecule has 0 spiro atoms. The standard InChI is InChI=1S/C10H10N2OS/c1-7-10(11)9(13-12-7)3-2-8-4-5-14-6-8/h2-6H,11H2,1H3/b3-2+. The van der Waals surface area contributed by atoms with Gasteiger partial charge in [0, 0.05) is 0 Å². The molecule has 3 nitrogen and oxygen atoms in total. The van der Waals surface area contributed by atoms with Crippen molar-refractivity contribution in [2.45, 2.75) is 6.92 Å². The van der Waals surface area contributed by atoms with E-state index in [9.17, 15) is 0 Å². The topological polar surface area (TPSA) is 52.0 Å². The number of aryl methyl sites for hydroxylation is 1. The Bertz CT molecular complexity index is 443. The second kappa shape index (κ2) is 3.67. The molecule has 0 bridgehead atoms. The summed E-state index contributed by atoms with van der Waals surface area (Å²) >= 11 is 1.66. The third kappa shape index (κ3) is 1.70. The maximum absolute atomic E-state index is 5.74. The Labute approximate surface area is 85.8 Å². The quantitative estimate of drug-likeness (QED) is 0.822. The fourth-order valence-electron chi connectivity index (χ4n) is 1.06. The lowest BCUT2D eigenvalue weighted by atomic mass is 10.2. The van der Waals surface area contributed by atoms with Crippen LogP contribution in [-0.4, -0.2) is 5.16 Å². The molecule has 0 aromatic carbocycles. The molecule has 0 atom stereocenters. The molecule has 0 aliphatic carbocycles. The number of rotatable bonds is 2. The number of thiophene rings is 1. The van der Waals surface area contributed by atoms with Gasteiger partial charge in [0.15, 0.2) is 5.76 Å². The summed E-state index contributed by atoms with van der Waals surface area (Å²) in [5.74, 6) is 0.619. The number of hydrogen-bond acceptors (Lipinski definition) is 4. The summed E-state index contributed by atoms with van der Waals surface area (Å²) in [7, 11) is 0. The highest BCUT2D eigenvalue weighted by atomic mass is 32.1.